The van der Waals surface area contributed by atoms with Gasteiger partial charge in [0.15, 0.2) is 0 Å². The molecule has 0 spiro atoms. The van der Waals surface area contributed by atoms with Gasteiger partial charge in [0.1, 0.15) is 0 Å². The summed E-state index contributed by atoms with van der Waals surface area (Å²) >= 11 is 0. The molecule has 22 heavy (non-hydrogen) atoms. The molecule has 0 aliphatic heterocycles. The third-order valence-corrected chi connectivity index (χ3v) is 3.04. The number of benzene rings is 1. The van der Waals surface area contributed by atoms with Gasteiger partial charge in [-0.25, -0.2) is 4.79 Å². The van der Waals surface area contributed by atoms with E-state index in [1.807, 2.05) is 0 Å². The Kier molecular flexibility index (Phi) is 4.73. The lowest BCUT2D eigenvalue weighted by Crippen LogP contribution is -2.24. The minimum atomic E-state index is -0.731. The van der Waals surface area contributed by atoms with Crippen LogP contribution in [0.15, 0.2) is 42.6 Å². The fraction of sp³-hybridized carbons (Fsp3) is 0.188. The van der Waals surface area contributed by atoms with Crippen LogP contribution in [0.1, 0.15) is 27.8 Å². The maximum atomic E-state index is 12.0. The van der Waals surface area contributed by atoms with Crippen molar-refractivity contribution in [1.29, 1.82) is 0 Å². The van der Waals surface area contributed by atoms with Gasteiger partial charge in [-0.2, -0.15) is 0 Å². The number of aryl methyl sites for hydroxylation is 1. The van der Waals surface area contributed by atoms with E-state index in [1.54, 1.807) is 49.0 Å². The Bertz CT molecular complexity index is 701. The van der Waals surface area contributed by atoms with Crippen LogP contribution in [0.2, 0.25) is 0 Å². The van der Waals surface area contributed by atoms with Crippen LogP contribution in [0.25, 0.3) is 0 Å². The summed E-state index contributed by atoms with van der Waals surface area (Å²) in [6.07, 6.45) is 1.69. The highest BCUT2D eigenvalue weighted by molar-refractivity contribution is 6.46. The molecule has 0 radical (unpaired) electrons. The van der Waals surface area contributed by atoms with Crippen molar-refractivity contribution in [3.05, 3.63) is 53.9 Å². The second kappa shape index (κ2) is 6.71. The summed E-state index contributed by atoms with van der Waals surface area (Å²) in [5.74, 6) is -1.78. The van der Waals surface area contributed by atoms with Crippen molar-refractivity contribution in [3.8, 4) is 0 Å². The lowest BCUT2D eigenvalue weighted by molar-refractivity contribution is -0.112. The monoisotopic (exact) mass is 300 g/mol. The normalized spacial score (nSPS) is 10.1. The van der Waals surface area contributed by atoms with E-state index in [4.69, 9.17) is 4.74 Å². The molecule has 1 amide bonds. The summed E-state index contributed by atoms with van der Waals surface area (Å²) in [7, 11) is 1.69. The van der Waals surface area contributed by atoms with Crippen molar-refractivity contribution in [3.63, 3.8) is 0 Å². The van der Waals surface area contributed by atoms with Crippen LogP contribution in [-0.4, -0.2) is 28.8 Å². The molecule has 1 heterocycles. The minimum absolute atomic E-state index is 0.294. The van der Waals surface area contributed by atoms with Gasteiger partial charge in [0.25, 0.3) is 11.7 Å². The number of esters is 1. The van der Waals surface area contributed by atoms with Gasteiger partial charge in [0.2, 0.25) is 0 Å². The average Bonchev–Trinajstić information content (AvgIpc) is 2.93. The number of anilines is 1. The molecule has 0 fully saturated rings. The van der Waals surface area contributed by atoms with Gasteiger partial charge in [0, 0.05) is 18.9 Å². The highest BCUT2D eigenvalue weighted by Gasteiger charge is 2.18. The second-order valence-electron chi connectivity index (χ2n) is 4.59. The number of amides is 1. The summed E-state index contributed by atoms with van der Waals surface area (Å²) in [5.41, 5.74) is 1.12. The van der Waals surface area contributed by atoms with E-state index in [9.17, 15) is 14.4 Å². The topological polar surface area (TPSA) is 77.4 Å². The van der Waals surface area contributed by atoms with Gasteiger partial charge in [-0.1, -0.05) is 0 Å². The molecule has 0 saturated carbocycles. The van der Waals surface area contributed by atoms with Gasteiger partial charge in [0.05, 0.1) is 17.9 Å². The fourth-order valence-corrected chi connectivity index (χ4v) is 1.91. The van der Waals surface area contributed by atoms with Crippen molar-refractivity contribution in [2.45, 2.75) is 6.92 Å². The number of rotatable bonds is 5. The highest BCUT2D eigenvalue weighted by Crippen LogP contribution is 2.11. The molecule has 2 rings (SSSR count). The van der Waals surface area contributed by atoms with Crippen molar-refractivity contribution < 1.29 is 19.1 Å². The largest absolute Gasteiger partial charge is 0.462 e. The van der Waals surface area contributed by atoms with Crippen LogP contribution in [0.5, 0.6) is 0 Å². The van der Waals surface area contributed by atoms with Gasteiger partial charge >= 0.3 is 5.97 Å². The Morgan fingerprint density at radius 2 is 1.82 bits per heavy atom. The number of carbonyl (C=O) groups excluding carboxylic acids is 3. The molecule has 1 aromatic carbocycles. The van der Waals surface area contributed by atoms with Crippen LogP contribution in [0.3, 0.4) is 0 Å². The van der Waals surface area contributed by atoms with E-state index in [2.05, 4.69) is 5.32 Å². The van der Waals surface area contributed by atoms with E-state index in [0.29, 0.717) is 23.6 Å². The SMILES string of the molecule is CCOC(=O)c1ccc(NC(=O)C(=O)c2cccn2C)cc1. The average molecular weight is 300 g/mol. The molecule has 6 nitrogen and oxygen atoms in total. The van der Waals surface area contributed by atoms with E-state index in [0.717, 1.165) is 0 Å². The molecular formula is C16H16N2O4. The zero-order valence-corrected chi connectivity index (χ0v) is 12.3. The molecule has 0 aliphatic rings. The molecule has 1 aromatic heterocycles. The molecule has 0 aliphatic carbocycles. The van der Waals surface area contributed by atoms with E-state index in [1.165, 1.54) is 12.1 Å². The first-order chi connectivity index (χ1) is 10.5. The quantitative estimate of drug-likeness (QED) is 0.520. The van der Waals surface area contributed by atoms with Crippen LogP contribution in [0, 0.1) is 0 Å². The fourth-order valence-electron chi connectivity index (χ4n) is 1.91. The number of ketones is 1. The highest BCUT2D eigenvalue weighted by atomic mass is 16.5. The Labute approximate surface area is 127 Å². The third-order valence-electron chi connectivity index (χ3n) is 3.04. The van der Waals surface area contributed by atoms with Crippen molar-refractivity contribution in [1.82, 2.24) is 4.57 Å². The van der Waals surface area contributed by atoms with Crippen molar-refractivity contribution in [2.75, 3.05) is 11.9 Å². The van der Waals surface area contributed by atoms with Crippen molar-refractivity contribution >= 4 is 23.3 Å². The lowest BCUT2D eigenvalue weighted by Gasteiger charge is -2.06. The van der Waals surface area contributed by atoms with Gasteiger partial charge in [-0.05, 0) is 43.3 Å². The number of nitrogens with one attached hydrogen (secondary N) is 1. The Morgan fingerprint density at radius 1 is 1.14 bits per heavy atom. The van der Waals surface area contributed by atoms with E-state index < -0.39 is 17.7 Å². The molecule has 1 N–H and O–H groups in total. The van der Waals surface area contributed by atoms with Crippen LogP contribution >= 0.6 is 0 Å². The summed E-state index contributed by atoms with van der Waals surface area (Å²) in [6.45, 7) is 2.02. The van der Waals surface area contributed by atoms with Gasteiger partial charge in [-0.15, -0.1) is 0 Å². The molecular weight excluding hydrogens is 284 g/mol. The molecule has 0 unspecified atom stereocenters. The van der Waals surface area contributed by atoms with Gasteiger partial charge < -0.3 is 14.6 Å². The predicted molar refractivity (Wildman–Crippen MR) is 80.8 cm³/mol. The third kappa shape index (κ3) is 3.41. The van der Waals surface area contributed by atoms with Gasteiger partial charge in [-0.3, -0.25) is 9.59 Å². The summed E-state index contributed by atoms with van der Waals surface area (Å²) in [5, 5.41) is 2.50. The van der Waals surface area contributed by atoms with Crippen LogP contribution in [-0.2, 0) is 16.6 Å². The van der Waals surface area contributed by atoms with E-state index in [-0.39, 0.29) is 0 Å². The van der Waals surface area contributed by atoms with E-state index >= 15 is 0 Å². The summed E-state index contributed by atoms with van der Waals surface area (Å²) in [6, 6.07) is 9.41. The zero-order valence-electron chi connectivity index (χ0n) is 12.3. The second-order valence-corrected chi connectivity index (χ2v) is 4.59. The standard InChI is InChI=1S/C16H16N2O4/c1-3-22-16(21)11-6-8-12(9-7-11)17-15(20)14(19)13-5-4-10-18(13)2/h4-10H,3H2,1-2H3,(H,17,20). The first-order valence-electron chi connectivity index (χ1n) is 6.77. The number of hydrogen-bond donors (Lipinski definition) is 1. The Balaban J connectivity index is 2.05. The zero-order chi connectivity index (χ0) is 16.1. The molecule has 0 saturated heterocycles. The first-order valence-corrected chi connectivity index (χ1v) is 6.77. The predicted octanol–water partition coefficient (Wildman–Crippen LogP) is 2.02. The first kappa shape index (κ1) is 15.5. The number of hydrogen-bond acceptors (Lipinski definition) is 4. The minimum Gasteiger partial charge on any atom is -0.462 e. The number of aromatic nitrogens is 1. The van der Waals surface area contributed by atoms with Crippen LogP contribution < -0.4 is 5.32 Å². The number of nitrogens with zero attached hydrogens (tertiary/aromatic N) is 1. The van der Waals surface area contributed by atoms with Crippen molar-refractivity contribution in [2.24, 2.45) is 7.05 Å². The molecule has 0 atom stereocenters. The van der Waals surface area contributed by atoms with Crippen LogP contribution in [0.4, 0.5) is 5.69 Å². The maximum Gasteiger partial charge on any atom is 0.338 e. The molecule has 6 heteroatoms. The Hall–Kier alpha value is -2.89. The molecule has 114 valence electrons. The number of carbonyl (C=O) groups is 3. The summed E-state index contributed by atoms with van der Waals surface area (Å²) < 4.78 is 6.44. The smallest absolute Gasteiger partial charge is 0.338 e. The number of Topliss-reactive ketones (excluding diaryl/α,β-unsaturated/α-hetero) is 1. The maximum absolute atomic E-state index is 12.0. The molecule has 0 bridgehead atoms. The lowest BCUT2D eigenvalue weighted by atomic mass is 10.2. The molecule has 2 aromatic rings. The Morgan fingerprint density at radius 3 is 2.36 bits per heavy atom. The summed E-state index contributed by atoms with van der Waals surface area (Å²) in [4.78, 5) is 35.4. The number of ether oxygens (including phenoxy) is 1.